The minimum Gasteiger partial charge on any atom is -0.382 e. The molecule has 0 aromatic carbocycles. The van der Waals surface area contributed by atoms with Crippen LogP contribution in [0, 0.1) is 13.8 Å². The molecule has 0 aliphatic heterocycles. The molecule has 0 fully saturated rings. The molecule has 48 valence electrons. The Labute approximate surface area is 53.1 Å². The van der Waals surface area contributed by atoms with Crippen LogP contribution in [0.1, 0.15) is 11.3 Å². The molecule has 0 amide bonds. The lowest BCUT2D eigenvalue weighted by atomic mass is 10.3. The van der Waals surface area contributed by atoms with E-state index in [2.05, 4.69) is 15.4 Å². The Morgan fingerprint density at radius 2 is 1.89 bits per heavy atom. The maximum absolute atomic E-state index is 5.41. The third kappa shape index (κ3) is 0.960. The van der Waals surface area contributed by atoms with Gasteiger partial charge >= 0.3 is 0 Å². The van der Waals surface area contributed by atoms with Crippen LogP contribution in [0.5, 0.6) is 0 Å². The van der Waals surface area contributed by atoms with Gasteiger partial charge in [-0.1, -0.05) is 0 Å². The van der Waals surface area contributed by atoms with Gasteiger partial charge in [-0.25, -0.2) is 0 Å². The van der Waals surface area contributed by atoms with E-state index in [1.807, 2.05) is 13.8 Å². The summed E-state index contributed by atoms with van der Waals surface area (Å²) < 4.78 is 0. The van der Waals surface area contributed by atoms with Crippen LogP contribution in [0.25, 0.3) is 0 Å². The molecule has 4 heteroatoms. The number of rotatable bonds is 0. The fraction of sp³-hybridized carbons (Fsp3) is 0.400. The molecule has 0 saturated carbocycles. The lowest BCUT2D eigenvalue weighted by Crippen LogP contribution is -2.01. The molecule has 0 spiro atoms. The topological polar surface area (TPSA) is 64.7 Å². The number of nitrogens with two attached hydrogens (primary N) is 1. The second kappa shape index (κ2) is 1.97. The Bertz CT molecular complexity index is 200. The molecule has 1 heterocycles. The molecule has 0 aliphatic carbocycles. The van der Waals surface area contributed by atoms with Gasteiger partial charge in [-0.15, -0.1) is 10.2 Å². The molecule has 0 unspecified atom stereocenters. The third-order valence-corrected chi connectivity index (χ3v) is 1.27. The van der Waals surface area contributed by atoms with Crippen molar-refractivity contribution >= 4 is 5.82 Å². The predicted octanol–water partition coefficient (Wildman–Crippen LogP) is 0.0706. The normalized spacial score (nSPS) is 9.56. The molecule has 1 aromatic heterocycles. The summed E-state index contributed by atoms with van der Waals surface area (Å²) >= 11 is 0. The second-order valence-electron chi connectivity index (χ2n) is 1.89. The van der Waals surface area contributed by atoms with Crippen molar-refractivity contribution in [1.29, 1.82) is 0 Å². The van der Waals surface area contributed by atoms with Gasteiger partial charge in [0.2, 0.25) is 0 Å². The summed E-state index contributed by atoms with van der Waals surface area (Å²) in [5.74, 6) is 0.461. The number of aryl methyl sites for hydroxylation is 1. The number of nitrogen functional groups attached to an aromatic ring is 1. The predicted molar refractivity (Wildman–Crippen MR) is 33.7 cm³/mol. The summed E-state index contributed by atoms with van der Waals surface area (Å²) in [6.45, 7) is 3.72. The van der Waals surface area contributed by atoms with Gasteiger partial charge in [-0.3, -0.25) is 0 Å². The first-order valence-electron chi connectivity index (χ1n) is 2.64. The fourth-order valence-corrected chi connectivity index (χ4v) is 0.473. The van der Waals surface area contributed by atoms with Crippen molar-refractivity contribution in [3.63, 3.8) is 0 Å². The molecule has 1 aromatic rings. The van der Waals surface area contributed by atoms with E-state index in [9.17, 15) is 0 Å². The summed E-state index contributed by atoms with van der Waals surface area (Å²) in [6.07, 6.45) is 0. The quantitative estimate of drug-likeness (QED) is 0.531. The van der Waals surface area contributed by atoms with Crippen molar-refractivity contribution in [2.24, 2.45) is 0 Å². The highest BCUT2D eigenvalue weighted by Crippen LogP contribution is 2.05. The highest BCUT2D eigenvalue weighted by molar-refractivity contribution is 5.37. The van der Waals surface area contributed by atoms with Crippen LogP contribution in [0.4, 0.5) is 5.82 Å². The Hall–Kier alpha value is -1.19. The molecule has 9 heavy (non-hydrogen) atoms. The van der Waals surface area contributed by atoms with Crippen LogP contribution in [0.2, 0.25) is 0 Å². The van der Waals surface area contributed by atoms with Crippen LogP contribution in [-0.2, 0) is 0 Å². The van der Waals surface area contributed by atoms with Crippen molar-refractivity contribution in [1.82, 2.24) is 15.4 Å². The summed E-state index contributed by atoms with van der Waals surface area (Å²) in [5, 5.41) is 10.7. The molecule has 2 N–H and O–H groups in total. The van der Waals surface area contributed by atoms with Crippen LogP contribution in [0.3, 0.4) is 0 Å². The van der Waals surface area contributed by atoms with Crippen LogP contribution < -0.4 is 5.73 Å². The zero-order valence-electron chi connectivity index (χ0n) is 5.42. The van der Waals surface area contributed by atoms with Gasteiger partial charge in [0.1, 0.15) is 0 Å². The minimum absolute atomic E-state index is 0.461. The third-order valence-electron chi connectivity index (χ3n) is 1.27. The van der Waals surface area contributed by atoms with Gasteiger partial charge in [0, 0.05) is 5.56 Å². The van der Waals surface area contributed by atoms with E-state index in [1.54, 1.807) is 0 Å². The van der Waals surface area contributed by atoms with Gasteiger partial charge in [0.05, 0.1) is 5.69 Å². The smallest absolute Gasteiger partial charge is 0.152 e. The van der Waals surface area contributed by atoms with Gasteiger partial charge in [-0.2, -0.15) is 0 Å². The van der Waals surface area contributed by atoms with E-state index in [0.29, 0.717) is 5.82 Å². The molecule has 0 aliphatic rings. The maximum Gasteiger partial charge on any atom is 0.152 e. The van der Waals surface area contributed by atoms with Crippen molar-refractivity contribution in [2.75, 3.05) is 5.73 Å². The van der Waals surface area contributed by atoms with E-state index in [0.717, 1.165) is 11.3 Å². The Morgan fingerprint density at radius 3 is 2.33 bits per heavy atom. The largest absolute Gasteiger partial charge is 0.382 e. The zero-order valence-corrected chi connectivity index (χ0v) is 5.42. The van der Waals surface area contributed by atoms with E-state index >= 15 is 0 Å². The second-order valence-corrected chi connectivity index (χ2v) is 1.89. The highest BCUT2D eigenvalue weighted by atomic mass is 15.3. The standard InChI is InChI=1S/C5H8N4/c1-3-4(2)7-9-8-5(3)6/h1-2H3,(H2,6,7,8). The van der Waals surface area contributed by atoms with Gasteiger partial charge in [-0.05, 0) is 19.1 Å². The van der Waals surface area contributed by atoms with Crippen molar-refractivity contribution in [3.8, 4) is 0 Å². The molecule has 0 bridgehead atoms. The molecular formula is C5H8N4. The first kappa shape index (κ1) is 5.94. The number of hydrogen-bond donors (Lipinski definition) is 1. The number of aromatic nitrogens is 3. The monoisotopic (exact) mass is 124 g/mol. The SMILES string of the molecule is Cc1nnnc(N)c1C. The molecule has 0 atom stereocenters. The molecule has 4 nitrogen and oxygen atoms in total. The van der Waals surface area contributed by atoms with Crippen molar-refractivity contribution in [2.45, 2.75) is 13.8 Å². The zero-order chi connectivity index (χ0) is 6.85. The van der Waals surface area contributed by atoms with E-state index < -0.39 is 0 Å². The van der Waals surface area contributed by atoms with E-state index in [4.69, 9.17) is 5.73 Å². The lowest BCUT2D eigenvalue weighted by molar-refractivity contribution is 0.835. The molecule has 0 radical (unpaired) electrons. The Kier molecular flexibility index (Phi) is 1.30. The number of hydrogen-bond acceptors (Lipinski definition) is 4. The van der Waals surface area contributed by atoms with Gasteiger partial charge in [0.25, 0.3) is 0 Å². The van der Waals surface area contributed by atoms with Gasteiger partial charge in [0.15, 0.2) is 5.82 Å². The van der Waals surface area contributed by atoms with Crippen LogP contribution in [-0.4, -0.2) is 15.4 Å². The first-order valence-corrected chi connectivity index (χ1v) is 2.64. The van der Waals surface area contributed by atoms with Crippen LogP contribution in [0.15, 0.2) is 0 Å². The summed E-state index contributed by atoms with van der Waals surface area (Å²) in [6, 6.07) is 0. The van der Waals surface area contributed by atoms with Gasteiger partial charge < -0.3 is 5.73 Å². The summed E-state index contributed by atoms with van der Waals surface area (Å²) in [5.41, 5.74) is 7.15. The Morgan fingerprint density at radius 1 is 1.22 bits per heavy atom. The summed E-state index contributed by atoms with van der Waals surface area (Å²) in [4.78, 5) is 0. The first-order chi connectivity index (χ1) is 4.22. The minimum atomic E-state index is 0.461. The molecular weight excluding hydrogens is 116 g/mol. The van der Waals surface area contributed by atoms with Crippen molar-refractivity contribution < 1.29 is 0 Å². The fourth-order valence-electron chi connectivity index (χ4n) is 0.473. The molecule has 1 rings (SSSR count). The number of anilines is 1. The maximum atomic E-state index is 5.41. The number of nitrogens with zero attached hydrogens (tertiary/aromatic N) is 3. The van der Waals surface area contributed by atoms with Crippen LogP contribution >= 0.6 is 0 Å². The van der Waals surface area contributed by atoms with E-state index in [-0.39, 0.29) is 0 Å². The van der Waals surface area contributed by atoms with Crippen molar-refractivity contribution in [3.05, 3.63) is 11.3 Å². The van der Waals surface area contributed by atoms with E-state index in [1.165, 1.54) is 0 Å². The highest BCUT2D eigenvalue weighted by Gasteiger charge is 1.97. The lowest BCUT2D eigenvalue weighted by Gasteiger charge is -1.96. The average Bonchev–Trinajstić information content (AvgIpc) is 1.83. The summed E-state index contributed by atoms with van der Waals surface area (Å²) in [7, 11) is 0. The Balaban J connectivity index is 3.25. The average molecular weight is 124 g/mol. The molecule has 0 saturated heterocycles.